The van der Waals surface area contributed by atoms with Gasteiger partial charge in [0.05, 0.1) is 25.0 Å². The summed E-state index contributed by atoms with van der Waals surface area (Å²) in [5, 5.41) is 4.13. The maximum Gasteiger partial charge on any atom is 0.416 e. The van der Waals surface area contributed by atoms with Crippen LogP contribution in [0.15, 0.2) is 24.3 Å². The lowest BCUT2D eigenvalue weighted by atomic mass is 9.89. The summed E-state index contributed by atoms with van der Waals surface area (Å²) in [5.41, 5.74) is 0.340. The van der Waals surface area contributed by atoms with Crippen LogP contribution >= 0.6 is 11.6 Å². The number of fused-ring (bicyclic) bond motifs is 1. The molecule has 1 aromatic carbocycles. The lowest BCUT2D eigenvalue weighted by molar-refractivity contribution is -0.137. The molecule has 3 fully saturated rings. The van der Waals surface area contributed by atoms with Gasteiger partial charge < -0.3 is 4.74 Å². The number of hydrogen-bond acceptors (Lipinski definition) is 5. The van der Waals surface area contributed by atoms with Crippen molar-refractivity contribution in [3.8, 4) is 0 Å². The Morgan fingerprint density at radius 3 is 2.65 bits per heavy atom. The Hall–Kier alpha value is -2.12. The summed E-state index contributed by atoms with van der Waals surface area (Å²) in [4.78, 5) is 38.7. The molecule has 0 aliphatic carbocycles. The van der Waals surface area contributed by atoms with Crippen molar-refractivity contribution in [3.05, 3.63) is 34.9 Å². The molecule has 4 rings (SSSR count). The van der Waals surface area contributed by atoms with Gasteiger partial charge in [0.2, 0.25) is 11.8 Å². The second-order valence-electron chi connectivity index (χ2n) is 7.49. The summed E-state index contributed by atoms with van der Waals surface area (Å²) in [6.07, 6.45) is -0.249. The van der Waals surface area contributed by atoms with Crippen molar-refractivity contribution in [2.24, 2.45) is 5.92 Å². The van der Waals surface area contributed by atoms with E-state index in [1.807, 2.05) is 37.1 Å². The average molecular weight is 378 g/mol. The fourth-order valence-electron chi connectivity index (χ4n) is 4.23. The molecule has 3 saturated heterocycles. The molecule has 2 atom stereocenters. The third-order valence-electron chi connectivity index (χ3n) is 5.33. The van der Waals surface area contributed by atoms with E-state index in [1.54, 1.807) is 11.1 Å². The van der Waals surface area contributed by atoms with Crippen LogP contribution in [-0.2, 0) is 14.3 Å². The Labute approximate surface area is 156 Å². The van der Waals surface area contributed by atoms with E-state index < -0.39 is 23.6 Å². The van der Waals surface area contributed by atoms with E-state index >= 15 is 0 Å². The van der Waals surface area contributed by atoms with Crippen LogP contribution in [0, 0.1) is 5.92 Å². The first kappa shape index (κ1) is 17.3. The predicted octanol–water partition coefficient (Wildman–Crippen LogP) is 2.22. The molecule has 0 saturated carbocycles. The number of rotatable bonds is 2. The molecule has 3 aliphatic rings. The van der Waals surface area contributed by atoms with Crippen molar-refractivity contribution in [2.75, 3.05) is 19.7 Å². The number of carbonyl (C=O) groups is 3. The zero-order chi connectivity index (χ0) is 18.6. The van der Waals surface area contributed by atoms with Gasteiger partial charge in [-0.05, 0) is 25.5 Å². The molecule has 7 nitrogen and oxygen atoms in total. The van der Waals surface area contributed by atoms with Gasteiger partial charge in [0.15, 0.2) is 0 Å². The first-order valence-electron chi connectivity index (χ1n) is 8.63. The maximum absolute atomic E-state index is 13.1. The number of hydrogen-bond donors (Lipinski definition) is 0. The van der Waals surface area contributed by atoms with Crippen molar-refractivity contribution in [2.45, 2.75) is 31.8 Å². The molecule has 0 N–H and O–H groups in total. The first-order chi connectivity index (χ1) is 12.3. The normalized spacial score (nSPS) is 27.8. The molecule has 0 spiro atoms. The molecule has 3 aliphatic heterocycles. The van der Waals surface area contributed by atoms with Crippen LogP contribution in [0.25, 0.3) is 0 Å². The maximum atomic E-state index is 13.1. The van der Waals surface area contributed by atoms with Gasteiger partial charge in [-0.2, -0.15) is 0 Å². The largest absolute Gasteiger partial charge is 0.447 e. The molecule has 1 aromatic rings. The fraction of sp³-hybridized carbons (Fsp3) is 0.500. The number of carbonyl (C=O) groups excluding carboxylic acids is 3. The van der Waals surface area contributed by atoms with Crippen molar-refractivity contribution in [1.82, 2.24) is 14.9 Å². The van der Waals surface area contributed by atoms with Crippen LogP contribution in [0.4, 0.5) is 4.79 Å². The van der Waals surface area contributed by atoms with Crippen LogP contribution in [0.1, 0.15) is 31.9 Å². The van der Waals surface area contributed by atoms with E-state index in [0.29, 0.717) is 11.4 Å². The Kier molecular flexibility index (Phi) is 3.96. The van der Waals surface area contributed by atoms with Crippen LogP contribution < -0.4 is 0 Å². The third-order valence-corrected chi connectivity index (χ3v) is 5.68. The van der Waals surface area contributed by atoms with E-state index in [-0.39, 0.29) is 31.5 Å². The molecule has 0 bridgehead atoms. The molecular formula is C18H20ClN3O4. The molecule has 0 radical (unpaired) electrons. The second kappa shape index (κ2) is 5.96. The lowest BCUT2D eigenvalue weighted by Crippen LogP contribution is -2.45. The summed E-state index contributed by atoms with van der Waals surface area (Å²) in [6.45, 7) is 4.63. The number of amides is 3. The highest BCUT2D eigenvalue weighted by Crippen LogP contribution is 2.49. The van der Waals surface area contributed by atoms with Crippen molar-refractivity contribution < 1.29 is 19.1 Å². The molecule has 3 amide bonds. The molecule has 3 heterocycles. The van der Waals surface area contributed by atoms with Crippen molar-refractivity contribution >= 4 is 29.5 Å². The summed E-state index contributed by atoms with van der Waals surface area (Å²) < 4.78 is 4.91. The van der Waals surface area contributed by atoms with Gasteiger partial charge in [0.25, 0.3) is 0 Å². The van der Waals surface area contributed by atoms with E-state index in [9.17, 15) is 14.4 Å². The van der Waals surface area contributed by atoms with Gasteiger partial charge in [-0.25, -0.2) is 14.7 Å². The Balaban J connectivity index is 1.78. The van der Waals surface area contributed by atoms with E-state index in [1.165, 1.54) is 0 Å². The van der Waals surface area contributed by atoms with Crippen LogP contribution in [0.3, 0.4) is 0 Å². The Bertz CT molecular complexity index is 796. The number of ether oxygens (including phenoxy) is 1. The van der Waals surface area contributed by atoms with Gasteiger partial charge in [-0.1, -0.05) is 29.8 Å². The van der Waals surface area contributed by atoms with Gasteiger partial charge in [-0.15, -0.1) is 0 Å². The molecule has 8 heteroatoms. The minimum absolute atomic E-state index is 0.0219. The zero-order valence-corrected chi connectivity index (χ0v) is 15.4. The minimum Gasteiger partial charge on any atom is -0.447 e. The Morgan fingerprint density at radius 2 is 2.00 bits per heavy atom. The SMILES string of the molecule is CC1(C)CC(=O)N2C[C@@H](C(=O)N3CCOC3=O)[C@H](c3ccccc3Cl)N21. The van der Waals surface area contributed by atoms with Crippen molar-refractivity contribution in [3.63, 3.8) is 0 Å². The number of hydrazine groups is 1. The van der Waals surface area contributed by atoms with Crippen LogP contribution in [-0.4, -0.2) is 58.1 Å². The van der Waals surface area contributed by atoms with Gasteiger partial charge in [0.1, 0.15) is 6.61 Å². The monoisotopic (exact) mass is 377 g/mol. The molecule has 138 valence electrons. The van der Waals surface area contributed by atoms with Gasteiger partial charge in [0, 0.05) is 17.0 Å². The average Bonchev–Trinajstić information content (AvgIpc) is 3.23. The zero-order valence-electron chi connectivity index (χ0n) is 14.6. The summed E-state index contributed by atoms with van der Waals surface area (Å²) in [5.74, 6) is -0.925. The molecular weight excluding hydrogens is 358 g/mol. The predicted molar refractivity (Wildman–Crippen MR) is 93.0 cm³/mol. The third kappa shape index (κ3) is 2.49. The number of imide groups is 1. The number of halogens is 1. The highest BCUT2D eigenvalue weighted by molar-refractivity contribution is 6.31. The van der Waals surface area contributed by atoms with Gasteiger partial charge in [-0.3, -0.25) is 14.6 Å². The number of benzene rings is 1. The fourth-order valence-corrected chi connectivity index (χ4v) is 4.48. The minimum atomic E-state index is -0.624. The van der Waals surface area contributed by atoms with E-state index in [0.717, 1.165) is 10.5 Å². The highest BCUT2D eigenvalue weighted by atomic mass is 35.5. The number of cyclic esters (lactones) is 1. The Morgan fingerprint density at radius 1 is 1.27 bits per heavy atom. The summed E-state index contributed by atoms with van der Waals surface area (Å²) in [6, 6.07) is 6.92. The van der Waals surface area contributed by atoms with Crippen LogP contribution in [0.5, 0.6) is 0 Å². The smallest absolute Gasteiger partial charge is 0.416 e. The van der Waals surface area contributed by atoms with E-state index in [2.05, 4.69) is 0 Å². The van der Waals surface area contributed by atoms with Crippen LogP contribution in [0.2, 0.25) is 5.02 Å². The molecule has 0 unspecified atom stereocenters. The summed E-state index contributed by atoms with van der Waals surface area (Å²) >= 11 is 6.44. The first-order valence-corrected chi connectivity index (χ1v) is 9.01. The topological polar surface area (TPSA) is 70.2 Å². The molecule has 0 aromatic heterocycles. The highest BCUT2D eigenvalue weighted by Gasteiger charge is 2.58. The summed E-state index contributed by atoms with van der Waals surface area (Å²) in [7, 11) is 0. The quantitative estimate of drug-likeness (QED) is 0.790. The van der Waals surface area contributed by atoms with Crippen molar-refractivity contribution in [1.29, 1.82) is 0 Å². The second-order valence-corrected chi connectivity index (χ2v) is 7.89. The number of nitrogens with zero attached hydrogens (tertiary/aromatic N) is 3. The lowest BCUT2D eigenvalue weighted by Gasteiger charge is -2.37. The standard InChI is InChI=1S/C18H20ClN3O4/c1-18(2)9-14(23)21-10-12(16(24)20-7-8-26-17(20)25)15(22(18)21)11-5-3-4-6-13(11)19/h3-6,12,15H,7-10H2,1-2H3/t12-,15+/m1/s1. The van der Waals surface area contributed by atoms with Gasteiger partial charge >= 0.3 is 6.09 Å². The molecule has 26 heavy (non-hydrogen) atoms. The van der Waals surface area contributed by atoms with E-state index in [4.69, 9.17) is 16.3 Å².